The molecule has 0 atom stereocenters. The number of hydrogen-bond acceptors (Lipinski definition) is 3. The maximum atomic E-state index is 14.1. The van der Waals surface area contributed by atoms with E-state index >= 15 is 0 Å². The molecule has 6 aromatic carbocycles. The average molecular weight is 942 g/mol. The zero-order valence-corrected chi connectivity index (χ0v) is 34.9. The predicted molar refractivity (Wildman–Crippen MR) is 220 cm³/mol. The van der Waals surface area contributed by atoms with Gasteiger partial charge in [-0.3, -0.25) is 0 Å². The van der Waals surface area contributed by atoms with Crippen LogP contribution in [0, 0.1) is 24.9 Å². The number of hydrogen-bond donors (Lipinski definition) is 0. The molecule has 0 saturated carbocycles. The van der Waals surface area contributed by atoms with E-state index in [2.05, 4.69) is 89.8 Å². The topological polar surface area (TPSA) is 38.9 Å². The second kappa shape index (κ2) is 15.6. The fourth-order valence-corrected chi connectivity index (χ4v) is 8.92. The Bertz CT molecular complexity index is 2720. The summed E-state index contributed by atoms with van der Waals surface area (Å²) in [5.74, 6) is 6.89. The third-order valence-electron chi connectivity index (χ3n) is 9.63. The molecule has 0 unspecified atom stereocenters. The average Bonchev–Trinajstić information content (AvgIpc) is 3.56. The molecule has 54 heavy (non-hydrogen) atoms. The van der Waals surface area contributed by atoms with Gasteiger partial charge in [-0.1, -0.05) is 90.3 Å². The van der Waals surface area contributed by atoms with Crippen LogP contribution in [-0.4, -0.2) is 23.2 Å². The summed E-state index contributed by atoms with van der Waals surface area (Å²) >= 11 is -1.72. The Kier molecular flexibility index (Phi) is 10.8. The fourth-order valence-electron chi connectivity index (χ4n) is 6.75. The number of aromatic nitrogens is 2. The summed E-state index contributed by atoms with van der Waals surface area (Å²) in [6.07, 6.45) is 3.96. The summed E-state index contributed by atoms with van der Waals surface area (Å²) < 4.78 is 22.0. The molecule has 9 aromatic rings. The van der Waals surface area contributed by atoms with Gasteiger partial charge in [-0.05, 0) is 57.8 Å². The second-order valence-electron chi connectivity index (χ2n) is 14.3. The molecule has 1 radical (unpaired) electrons. The summed E-state index contributed by atoms with van der Waals surface area (Å²) in [4.78, 5) is 9.28. The molecule has 0 aliphatic carbocycles. The number of rotatable bonds is 5. The Morgan fingerprint density at radius 2 is 1.33 bits per heavy atom. The van der Waals surface area contributed by atoms with Crippen LogP contribution in [0.15, 0.2) is 156 Å². The van der Waals surface area contributed by atoms with Gasteiger partial charge in [-0.2, -0.15) is 0 Å². The monoisotopic (exact) mass is 943 g/mol. The normalized spacial score (nSPS) is 11.3. The van der Waals surface area contributed by atoms with Gasteiger partial charge in [0.05, 0.1) is 5.58 Å². The number of fused-ring (bicyclic) bond motifs is 5. The first kappa shape index (κ1) is 37.1. The Balaban J connectivity index is 0.000000223. The van der Waals surface area contributed by atoms with E-state index in [-0.39, 0.29) is 25.9 Å². The molecule has 267 valence electrons. The molecule has 3 aromatic heterocycles. The maximum absolute atomic E-state index is 14.1. The molecule has 0 N–H and O–H groups in total. The molecule has 0 amide bonds. The summed E-state index contributed by atoms with van der Waals surface area (Å²) in [5.41, 5.74) is 10.6. The zero-order chi connectivity index (χ0) is 36.5. The smallest absolute Gasteiger partial charge is 0 e. The molecular weight excluding hydrogens is 904 g/mol. The van der Waals surface area contributed by atoms with Crippen molar-refractivity contribution in [2.24, 2.45) is 0 Å². The number of aryl methyl sites for hydroxylation is 1. The molecule has 0 fully saturated rings. The molecule has 9 rings (SSSR count). The molecule has 3 nitrogen and oxygen atoms in total. The number of benzene rings is 6. The standard InChI is InChI=1S/C34H21FNO.C14H16GeN.Ir/c1-21-16-32(36-20-31(21)22-8-3-2-4-9-22)24-14-15-27-30-19-29(23-10-7-11-25(35)17-23)26-12-5-6-13-28(26)34(30)37-33(27)18-24;1-15(2,3)13-9-10-14(16-11-13)12-7-5-4-6-8-12;/h2-13,15-20H,1H3;4-7,9-11H,1-3H3;/q2*-1;. The van der Waals surface area contributed by atoms with Gasteiger partial charge in [0, 0.05) is 37.3 Å². The van der Waals surface area contributed by atoms with Gasteiger partial charge in [0.15, 0.2) is 0 Å². The molecule has 0 aliphatic heterocycles. The van der Waals surface area contributed by atoms with Crippen LogP contribution < -0.4 is 4.40 Å². The zero-order valence-electron chi connectivity index (χ0n) is 30.4. The SMILES string of the molecule is Cc1cc(-c2[c-]cc3c(c2)oc2c4ccccc4c(-c4cccc(F)c4)cc32)ncc1-c1ccccc1.[CH3][Ge]([CH3])([CH3])[c]1ccc(-c2[c-]cccc2)nc1.[Ir]. The van der Waals surface area contributed by atoms with Crippen molar-refractivity contribution in [3.8, 4) is 44.8 Å². The van der Waals surface area contributed by atoms with Gasteiger partial charge < -0.3 is 9.40 Å². The third-order valence-corrected chi connectivity index (χ3v) is 13.9. The van der Waals surface area contributed by atoms with Crippen molar-refractivity contribution in [3.05, 3.63) is 175 Å². The molecule has 3 heterocycles. The van der Waals surface area contributed by atoms with Crippen molar-refractivity contribution in [2.75, 3.05) is 0 Å². The number of nitrogens with zero attached hydrogens (tertiary/aromatic N) is 2. The number of furan rings is 1. The van der Waals surface area contributed by atoms with E-state index in [9.17, 15) is 4.39 Å². The first-order valence-electron chi connectivity index (χ1n) is 17.7. The van der Waals surface area contributed by atoms with E-state index in [1.807, 2.05) is 85.2 Å². The molecule has 0 aliphatic rings. The first-order chi connectivity index (χ1) is 25.7. The molecular formula is C48H37FGeIrN2O-2. The van der Waals surface area contributed by atoms with Crippen molar-refractivity contribution in [2.45, 2.75) is 24.2 Å². The Labute approximate surface area is 331 Å². The number of pyridine rings is 2. The third kappa shape index (κ3) is 7.58. The van der Waals surface area contributed by atoms with Gasteiger partial charge in [0.25, 0.3) is 0 Å². The summed E-state index contributed by atoms with van der Waals surface area (Å²) in [6, 6.07) is 52.2. The maximum Gasteiger partial charge on any atom is 0 e. The quantitative estimate of drug-likeness (QED) is 0.127. The molecule has 6 heteroatoms. The van der Waals surface area contributed by atoms with Crippen molar-refractivity contribution in [3.63, 3.8) is 0 Å². The van der Waals surface area contributed by atoms with Gasteiger partial charge in [-0.15, -0.1) is 17.7 Å². The Morgan fingerprint density at radius 3 is 2.04 bits per heavy atom. The largest absolute Gasteiger partial charge is 0 e. The van der Waals surface area contributed by atoms with E-state index in [0.717, 1.165) is 83.0 Å². The van der Waals surface area contributed by atoms with Gasteiger partial charge in [0.2, 0.25) is 0 Å². The number of halogens is 1. The van der Waals surface area contributed by atoms with E-state index in [1.54, 1.807) is 12.1 Å². The van der Waals surface area contributed by atoms with E-state index in [4.69, 9.17) is 9.40 Å². The van der Waals surface area contributed by atoms with Crippen LogP contribution in [0.1, 0.15) is 5.56 Å². The van der Waals surface area contributed by atoms with Crippen LogP contribution >= 0.6 is 0 Å². The van der Waals surface area contributed by atoms with Crippen LogP contribution in [-0.2, 0) is 20.1 Å². The predicted octanol–water partition coefficient (Wildman–Crippen LogP) is 12.5. The van der Waals surface area contributed by atoms with Gasteiger partial charge >= 0.3 is 99.8 Å². The van der Waals surface area contributed by atoms with Crippen LogP contribution in [0.25, 0.3) is 77.5 Å². The van der Waals surface area contributed by atoms with Crippen molar-refractivity contribution >= 4 is 50.4 Å². The fraction of sp³-hybridized carbons (Fsp3) is 0.0833. The minimum Gasteiger partial charge on any atom is 0 e. The van der Waals surface area contributed by atoms with E-state index in [1.165, 1.54) is 10.5 Å². The molecule has 0 saturated heterocycles. The van der Waals surface area contributed by atoms with Crippen LogP contribution in [0.4, 0.5) is 4.39 Å². The molecule has 0 spiro atoms. The van der Waals surface area contributed by atoms with Crippen LogP contribution in [0.5, 0.6) is 0 Å². The van der Waals surface area contributed by atoms with Crippen molar-refractivity contribution < 1.29 is 28.9 Å². The Hall–Kier alpha value is -5.20. The van der Waals surface area contributed by atoms with E-state index < -0.39 is 13.3 Å². The summed E-state index contributed by atoms with van der Waals surface area (Å²) in [7, 11) is 0. The minimum atomic E-state index is -1.72. The van der Waals surface area contributed by atoms with E-state index in [0.29, 0.717) is 0 Å². The van der Waals surface area contributed by atoms with Gasteiger partial charge in [0.1, 0.15) is 11.4 Å². The second-order valence-corrected chi connectivity index (χ2v) is 24.9. The van der Waals surface area contributed by atoms with Crippen molar-refractivity contribution in [1.82, 2.24) is 9.97 Å². The van der Waals surface area contributed by atoms with Crippen LogP contribution in [0.2, 0.25) is 17.3 Å². The summed E-state index contributed by atoms with van der Waals surface area (Å²) in [5, 5.41) is 3.98. The Morgan fingerprint density at radius 1 is 0.593 bits per heavy atom. The van der Waals surface area contributed by atoms with Crippen LogP contribution in [0.3, 0.4) is 0 Å². The van der Waals surface area contributed by atoms with Gasteiger partial charge in [-0.25, -0.2) is 4.39 Å². The molecule has 0 bridgehead atoms. The van der Waals surface area contributed by atoms with Crippen molar-refractivity contribution in [1.29, 1.82) is 0 Å². The minimum absolute atomic E-state index is 0. The first-order valence-corrected chi connectivity index (χ1v) is 25.1. The summed E-state index contributed by atoms with van der Waals surface area (Å²) in [6.45, 7) is 2.10.